The van der Waals surface area contributed by atoms with Gasteiger partial charge in [-0.2, -0.15) is 0 Å². The predicted octanol–water partition coefficient (Wildman–Crippen LogP) is 3.60. The molecule has 19 heavy (non-hydrogen) atoms. The molecule has 0 saturated heterocycles. The van der Waals surface area contributed by atoms with Gasteiger partial charge in [0, 0.05) is 6.04 Å². The molecule has 1 atom stereocenters. The van der Waals surface area contributed by atoms with E-state index in [2.05, 4.69) is 24.2 Å². The highest BCUT2D eigenvalue weighted by Crippen LogP contribution is 2.17. The monoisotopic (exact) mass is 266 g/mol. The molecule has 1 aromatic rings. The van der Waals surface area contributed by atoms with Crippen molar-refractivity contribution in [1.82, 2.24) is 10.2 Å². The highest BCUT2D eigenvalue weighted by molar-refractivity contribution is 5.19. The Morgan fingerprint density at radius 1 is 1.16 bits per heavy atom. The summed E-state index contributed by atoms with van der Waals surface area (Å²) in [4.78, 5) is 2.38. The second-order valence-corrected chi connectivity index (χ2v) is 5.19. The summed E-state index contributed by atoms with van der Waals surface area (Å²) in [6.45, 7) is 4.45. The summed E-state index contributed by atoms with van der Waals surface area (Å²) in [5.74, 6) is -0.171. The molecule has 1 rings (SSSR count). The molecular formula is C16H27FN2. The van der Waals surface area contributed by atoms with Crippen molar-refractivity contribution in [2.45, 2.75) is 38.6 Å². The summed E-state index contributed by atoms with van der Waals surface area (Å²) in [6, 6.07) is 7.10. The first-order valence-electron chi connectivity index (χ1n) is 7.28. The Morgan fingerprint density at radius 3 is 2.42 bits per heavy atom. The van der Waals surface area contributed by atoms with E-state index in [1.54, 1.807) is 0 Å². The predicted molar refractivity (Wildman–Crippen MR) is 79.8 cm³/mol. The highest BCUT2D eigenvalue weighted by Gasteiger charge is 2.10. The van der Waals surface area contributed by atoms with E-state index in [0.29, 0.717) is 6.04 Å². The van der Waals surface area contributed by atoms with Crippen LogP contribution in [-0.4, -0.2) is 32.1 Å². The van der Waals surface area contributed by atoms with Crippen molar-refractivity contribution in [1.29, 1.82) is 0 Å². The number of benzene rings is 1. The second-order valence-electron chi connectivity index (χ2n) is 5.19. The quantitative estimate of drug-likeness (QED) is 0.687. The van der Waals surface area contributed by atoms with Crippen LogP contribution in [0.1, 0.15) is 44.2 Å². The van der Waals surface area contributed by atoms with Gasteiger partial charge in [0.2, 0.25) is 0 Å². The van der Waals surface area contributed by atoms with Gasteiger partial charge in [-0.25, -0.2) is 4.39 Å². The summed E-state index contributed by atoms with van der Waals surface area (Å²) in [5.41, 5.74) is 1.16. The minimum atomic E-state index is -0.171. The number of halogens is 1. The number of unbranched alkanes of at least 4 members (excludes halogenated alkanes) is 2. The van der Waals surface area contributed by atoms with E-state index in [4.69, 9.17) is 0 Å². The fourth-order valence-corrected chi connectivity index (χ4v) is 2.27. The van der Waals surface area contributed by atoms with E-state index in [-0.39, 0.29) is 5.82 Å². The molecule has 108 valence electrons. The summed E-state index contributed by atoms with van der Waals surface area (Å²) in [5, 5.41) is 3.31. The smallest absolute Gasteiger partial charge is 0.123 e. The highest BCUT2D eigenvalue weighted by atomic mass is 19.1. The Balaban J connectivity index is 2.38. The van der Waals surface area contributed by atoms with Crippen molar-refractivity contribution in [3.8, 4) is 0 Å². The first-order chi connectivity index (χ1) is 9.17. The molecule has 1 N–H and O–H groups in total. The Morgan fingerprint density at radius 2 is 1.84 bits per heavy atom. The molecule has 0 aliphatic rings. The van der Waals surface area contributed by atoms with Crippen LogP contribution < -0.4 is 5.32 Å². The van der Waals surface area contributed by atoms with Gasteiger partial charge in [0.1, 0.15) is 5.82 Å². The lowest BCUT2D eigenvalue weighted by molar-refractivity contribution is 0.304. The van der Waals surface area contributed by atoms with E-state index < -0.39 is 0 Å². The molecule has 1 aromatic carbocycles. The van der Waals surface area contributed by atoms with Crippen LogP contribution in [0.4, 0.5) is 4.39 Å². The van der Waals surface area contributed by atoms with Crippen molar-refractivity contribution in [2.24, 2.45) is 0 Å². The molecule has 0 aromatic heterocycles. The third-order valence-corrected chi connectivity index (χ3v) is 3.56. The van der Waals surface area contributed by atoms with Gasteiger partial charge in [0.05, 0.1) is 0 Å². The Hall–Kier alpha value is -0.930. The van der Waals surface area contributed by atoms with Gasteiger partial charge in [-0.15, -0.1) is 0 Å². The van der Waals surface area contributed by atoms with Crippen LogP contribution in [0.3, 0.4) is 0 Å². The topological polar surface area (TPSA) is 15.3 Å². The number of rotatable bonds is 9. The summed E-state index contributed by atoms with van der Waals surface area (Å²) < 4.78 is 12.9. The summed E-state index contributed by atoms with van der Waals surface area (Å²) in [6.07, 6.45) is 4.89. The molecule has 0 spiro atoms. The lowest BCUT2D eigenvalue weighted by Gasteiger charge is -2.21. The average molecular weight is 266 g/mol. The van der Waals surface area contributed by atoms with Crippen LogP contribution in [-0.2, 0) is 0 Å². The lowest BCUT2D eigenvalue weighted by Crippen LogP contribution is -2.26. The lowest BCUT2D eigenvalue weighted by atomic mass is 10.0. The first kappa shape index (κ1) is 16.1. The maximum absolute atomic E-state index is 12.9. The zero-order chi connectivity index (χ0) is 14.1. The molecule has 0 aliphatic heterocycles. The van der Waals surface area contributed by atoms with Crippen LogP contribution >= 0.6 is 0 Å². The molecule has 3 heteroatoms. The van der Waals surface area contributed by atoms with Crippen molar-refractivity contribution in [3.05, 3.63) is 35.6 Å². The molecule has 2 nitrogen and oxygen atoms in total. The molecular weight excluding hydrogens is 239 g/mol. The standard InChI is InChI=1S/C16H27FN2/c1-4-5-6-12-19(3)13-11-16(18-2)14-7-9-15(17)10-8-14/h7-10,16,18H,4-6,11-13H2,1-3H3. The van der Waals surface area contributed by atoms with Crippen LogP contribution in [0.5, 0.6) is 0 Å². The first-order valence-corrected chi connectivity index (χ1v) is 7.28. The Labute approximate surface area is 117 Å². The number of nitrogens with zero attached hydrogens (tertiary/aromatic N) is 1. The van der Waals surface area contributed by atoms with Crippen molar-refractivity contribution in [2.75, 3.05) is 27.2 Å². The maximum atomic E-state index is 12.9. The minimum absolute atomic E-state index is 0.171. The fourth-order valence-electron chi connectivity index (χ4n) is 2.27. The maximum Gasteiger partial charge on any atom is 0.123 e. The van der Waals surface area contributed by atoms with Crippen LogP contribution in [0.25, 0.3) is 0 Å². The van der Waals surface area contributed by atoms with E-state index >= 15 is 0 Å². The van der Waals surface area contributed by atoms with Gasteiger partial charge in [0.25, 0.3) is 0 Å². The van der Waals surface area contributed by atoms with Gasteiger partial charge in [-0.1, -0.05) is 31.9 Å². The number of nitrogens with one attached hydrogen (secondary N) is 1. The number of hydrogen-bond donors (Lipinski definition) is 1. The van der Waals surface area contributed by atoms with Gasteiger partial charge >= 0.3 is 0 Å². The SMILES string of the molecule is CCCCCN(C)CCC(NC)c1ccc(F)cc1. The normalized spacial score (nSPS) is 12.9. The van der Waals surface area contributed by atoms with Crippen molar-refractivity contribution < 1.29 is 4.39 Å². The zero-order valence-electron chi connectivity index (χ0n) is 12.5. The minimum Gasteiger partial charge on any atom is -0.313 e. The van der Waals surface area contributed by atoms with Gasteiger partial charge in [-0.3, -0.25) is 0 Å². The molecule has 0 saturated carbocycles. The molecule has 1 unspecified atom stereocenters. The molecule has 0 radical (unpaired) electrons. The van der Waals surface area contributed by atoms with Gasteiger partial charge < -0.3 is 10.2 Å². The van der Waals surface area contributed by atoms with E-state index in [0.717, 1.165) is 25.1 Å². The Bertz CT molecular complexity index is 337. The van der Waals surface area contributed by atoms with Crippen LogP contribution in [0, 0.1) is 5.82 Å². The third-order valence-electron chi connectivity index (χ3n) is 3.56. The second kappa shape index (κ2) is 9.05. The van der Waals surface area contributed by atoms with Crippen molar-refractivity contribution >= 4 is 0 Å². The van der Waals surface area contributed by atoms with E-state index in [9.17, 15) is 4.39 Å². The van der Waals surface area contributed by atoms with Gasteiger partial charge in [-0.05, 0) is 57.7 Å². The largest absolute Gasteiger partial charge is 0.313 e. The fraction of sp³-hybridized carbons (Fsp3) is 0.625. The Kier molecular flexibility index (Phi) is 7.68. The average Bonchev–Trinajstić information content (AvgIpc) is 2.41. The molecule has 0 aliphatic carbocycles. The molecule has 0 heterocycles. The summed E-state index contributed by atoms with van der Waals surface area (Å²) in [7, 11) is 4.14. The molecule has 0 bridgehead atoms. The van der Waals surface area contributed by atoms with E-state index in [1.807, 2.05) is 19.2 Å². The van der Waals surface area contributed by atoms with E-state index in [1.165, 1.54) is 31.4 Å². The molecule has 0 amide bonds. The van der Waals surface area contributed by atoms with Crippen LogP contribution in [0.15, 0.2) is 24.3 Å². The molecule has 0 fully saturated rings. The van der Waals surface area contributed by atoms with Gasteiger partial charge in [0.15, 0.2) is 0 Å². The zero-order valence-corrected chi connectivity index (χ0v) is 12.5. The third kappa shape index (κ3) is 6.17. The summed E-state index contributed by atoms with van der Waals surface area (Å²) >= 11 is 0. The number of hydrogen-bond acceptors (Lipinski definition) is 2. The van der Waals surface area contributed by atoms with Crippen LogP contribution in [0.2, 0.25) is 0 Å². The van der Waals surface area contributed by atoms with Crippen molar-refractivity contribution in [3.63, 3.8) is 0 Å².